The maximum absolute atomic E-state index is 10.9. The summed E-state index contributed by atoms with van der Waals surface area (Å²) in [5.74, 6) is -0.251. The van der Waals surface area contributed by atoms with Crippen LogP contribution in [0.1, 0.15) is 12.5 Å². The summed E-state index contributed by atoms with van der Waals surface area (Å²) in [5, 5.41) is 20.8. The number of carbonyl (C=O) groups is 1. The number of hydrogen-bond donors (Lipinski definition) is 1. The molecule has 1 unspecified atom stereocenters. The first-order chi connectivity index (χ1) is 9.47. The number of benzene rings is 1. The van der Waals surface area contributed by atoms with Gasteiger partial charge in [0, 0.05) is 12.1 Å². The molecule has 0 bridgehead atoms. The molecule has 0 radical (unpaired) electrons. The van der Waals surface area contributed by atoms with Crippen LogP contribution >= 0.6 is 0 Å². The lowest BCUT2D eigenvalue weighted by Crippen LogP contribution is -2.35. The lowest BCUT2D eigenvalue weighted by atomic mass is 10.1. The Labute approximate surface area is 116 Å². The van der Waals surface area contributed by atoms with E-state index in [2.05, 4.69) is 15.4 Å². The molecule has 0 aliphatic rings. The Morgan fingerprint density at radius 2 is 2.05 bits per heavy atom. The first-order valence-corrected chi connectivity index (χ1v) is 6.23. The maximum atomic E-state index is 10.9. The minimum Gasteiger partial charge on any atom is -0.480 e. The summed E-state index contributed by atoms with van der Waals surface area (Å²) in [4.78, 5) is 14.1. The van der Waals surface area contributed by atoms with Gasteiger partial charge in [0.25, 0.3) is 0 Å². The van der Waals surface area contributed by atoms with Gasteiger partial charge in [-0.3, -0.25) is 9.69 Å². The normalized spacial score (nSPS) is 12.6. The van der Waals surface area contributed by atoms with Crippen LogP contribution in [-0.4, -0.2) is 49.3 Å². The molecule has 1 atom stereocenters. The first-order valence-electron chi connectivity index (χ1n) is 6.23. The molecule has 0 spiro atoms. The number of carboxylic acids is 1. The average molecular weight is 275 g/mol. The van der Waals surface area contributed by atoms with Gasteiger partial charge < -0.3 is 5.11 Å². The summed E-state index contributed by atoms with van der Waals surface area (Å²) in [6.45, 7) is 2.24. The van der Waals surface area contributed by atoms with Crippen molar-refractivity contribution in [3.8, 4) is 11.4 Å². The average Bonchev–Trinajstić information content (AvgIpc) is 2.85. The van der Waals surface area contributed by atoms with Crippen LogP contribution < -0.4 is 0 Å². The van der Waals surface area contributed by atoms with Crippen molar-refractivity contribution in [3.05, 3.63) is 29.8 Å². The number of hydrogen-bond acceptors (Lipinski definition) is 5. The standard InChI is InChI=1S/C13H17N5O2/c1-9(13(19)20)17(2)8-10-4-6-11(7-5-10)12-14-16-18(3)15-12/h4-7,9H,8H2,1-3H3,(H,19,20). The quantitative estimate of drug-likeness (QED) is 0.868. The third-order valence-corrected chi connectivity index (χ3v) is 3.17. The number of tetrazole rings is 1. The summed E-state index contributed by atoms with van der Waals surface area (Å²) in [5.41, 5.74) is 1.92. The number of rotatable bonds is 5. The van der Waals surface area contributed by atoms with Crippen molar-refractivity contribution >= 4 is 5.97 Å². The van der Waals surface area contributed by atoms with Crippen molar-refractivity contribution in [2.75, 3.05) is 7.05 Å². The summed E-state index contributed by atoms with van der Waals surface area (Å²) in [6, 6.07) is 7.18. The van der Waals surface area contributed by atoms with Gasteiger partial charge in [0.15, 0.2) is 0 Å². The van der Waals surface area contributed by atoms with Crippen molar-refractivity contribution in [3.63, 3.8) is 0 Å². The van der Waals surface area contributed by atoms with Crippen molar-refractivity contribution in [1.29, 1.82) is 0 Å². The third kappa shape index (κ3) is 3.18. The zero-order valence-electron chi connectivity index (χ0n) is 11.7. The van der Waals surface area contributed by atoms with Crippen LogP contribution in [0.15, 0.2) is 24.3 Å². The van der Waals surface area contributed by atoms with E-state index < -0.39 is 12.0 Å². The molecular weight excluding hydrogens is 258 g/mol. The number of likely N-dealkylation sites (N-methyl/N-ethyl adjacent to an activating group) is 1. The highest BCUT2D eigenvalue weighted by Crippen LogP contribution is 2.15. The van der Waals surface area contributed by atoms with Gasteiger partial charge in [0.1, 0.15) is 6.04 Å². The minimum atomic E-state index is -0.826. The molecule has 7 heteroatoms. The largest absolute Gasteiger partial charge is 0.480 e. The van der Waals surface area contributed by atoms with E-state index in [1.165, 1.54) is 4.80 Å². The topological polar surface area (TPSA) is 84.1 Å². The van der Waals surface area contributed by atoms with Crippen LogP contribution in [-0.2, 0) is 18.4 Å². The molecule has 0 saturated heterocycles. The van der Waals surface area contributed by atoms with E-state index in [0.717, 1.165) is 11.1 Å². The number of aliphatic carboxylic acids is 1. The van der Waals surface area contributed by atoms with Crippen molar-refractivity contribution < 1.29 is 9.90 Å². The van der Waals surface area contributed by atoms with Crippen molar-refractivity contribution in [2.24, 2.45) is 7.05 Å². The van der Waals surface area contributed by atoms with E-state index in [-0.39, 0.29) is 0 Å². The predicted molar refractivity (Wildman–Crippen MR) is 72.8 cm³/mol. The van der Waals surface area contributed by atoms with Gasteiger partial charge in [-0.25, -0.2) is 0 Å². The number of aromatic nitrogens is 4. The Kier molecular flexibility index (Phi) is 4.09. The van der Waals surface area contributed by atoms with E-state index in [1.54, 1.807) is 25.9 Å². The molecule has 0 amide bonds. The van der Waals surface area contributed by atoms with Gasteiger partial charge >= 0.3 is 5.97 Å². The second-order valence-corrected chi connectivity index (χ2v) is 4.73. The van der Waals surface area contributed by atoms with Crippen LogP contribution in [0, 0.1) is 0 Å². The van der Waals surface area contributed by atoms with Gasteiger partial charge in [-0.05, 0) is 24.7 Å². The summed E-state index contributed by atoms with van der Waals surface area (Å²) < 4.78 is 0. The van der Waals surface area contributed by atoms with Gasteiger partial charge in [-0.1, -0.05) is 24.3 Å². The smallest absolute Gasteiger partial charge is 0.320 e. The molecule has 1 N–H and O–H groups in total. The molecular formula is C13H17N5O2. The summed E-state index contributed by atoms with van der Waals surface area (Å²) in [7, 11) is 3.50. The SMILES string of the molecule is CC(C(=O)O)N(C)Cc1ccc(-c2nnn(C)n2)cc1. The molecule has 0 fully saturated rings. The predicted octanol–water partition coefficient (Wildman–Crippen LogP) is 0.782. The highest BCUT2D eigenvalue weighted by Gasteiger charge is 2.16. The maximum Gasteiger partial charge on any atom is 0.320 e. The fraction of sp³-hybridized carbons (Fsp3) is 0.385. The molecule has 1 aromatic heterocycles. The summed E-state index contributed by atoms with van der Waals surface area (Å²) >= 11 is 0. The van der Waals surface area contributed by atoms with E-state index in [4.69, 9.17) is 5.11 Å². The first kappa shape index (κ1) is 14.1. The Morgan fingerprint density at radius 1 is 1.40 bits per heavy atom. The van der Waals surface area contributed by atoms with Gasteiger partial charge in [0.05, 0.1) is 7.05 Å². The molecule has 2 rings (SSSR count). The van der Waals surface area contributed by atoms with Crippen LogP contribution in [0.5, 0.6) is 0 Å². The third-order valence-electron chi connectivity index (χ3n) is 3.17. The van der Waals surface area contributed by atoms with E-state index in [0.29, 0.717) is 12.4 Å². The molecule has 7 nitrogen and oxygen atoms in total. The molecule has 106 valence electrons. The summed E-state index contributed by atoms with van der Waals surface area (Å²) in [6.07, 6.45) is 0. The number of aryl methyl sites for hydroxylation is 1. The number of nitrogens with zero attached hydrogens (tertiary/aromatic N) is 5. The lowest BCUT2D eigenvalue weighted by Gasteiger charge is -2.21. The molecule has 1 aromatic carbocycles. The van der Waals surface area contributed by atoms with Gasteiger partial charge in [0.2, 0.25) is 5.82 Å². The molecule has 0 aliphatic carbocycles. The van der Waals surface area contributed by atoms with Crippen LogP contribution in [0.4, 0.5) is 0 Å². The fourth-order valence-electron chi connectivity index (χ4n) is 1.77. The molecule has 0 saturated carbocycles. The van der Waals surface area contributed by atoms with E-state index in [1.807, 2.05) is 24.3 Å². The monoisotopic (exact) mass is 275 g/mol. The van der Waals surface area contributed by atoms with Crippen molar-refractivity contribution in [1.82, 2.24) is 25.1 Å². The van der Waals surface area contributed by atoms with E-state index >= 15 is 0 Å². The van der Waals surface area contributed by atoms with Gasteiger partial charge in [-0.2, -0.15) is 4.80 Å². The Balaban J connectivity index is 2.07. The lowest BCUT2D eigenvalue weighted by molar-refractivity contribution is -0.142. The van der Waals surface area contributed by atoms with Crippen LogP contribution in [0.25, 0.3) is 11.4 Å². The zero-order valence-corrected chi connectivity index (χ0v) is 11.7. The Bertz CT molecular complexity index is 593. The molecule has 1 heterocycles. The van der Waals surface area contributed by atoms with Crippen LogP contribution in [0.3, 0.4) is 0 Å². The fourth-order valence-corrected chi connectivity index (χ4v) is 1.77. The highest BCUT2D eigenvalue weighted by atomic mass is 16.4. The van der Waals surface area contributed by atoms with Gasteiger partial charge in [-0.15, -0.1) is 10.2 Å². The second kappa shape index (κ2) is 5.79. The Hall–Kier alpha value is -2.28. The van der Waals surface area contributed by atoms with E-state index in [9.17, 15) is 4.79 Å². The molecule has 0 aliphatic heterocycles. The minimum absolute atomic E-state index is 0.517. The molecule has 2 aromatic rings. The van der Waals surface area contributed by atoms with Crippen molar-refractivity contribution in [2.45, 2.75) is 19.5 Å². The number of carboxylic acid groups (broad SMARTS) is 1. The van der Waals surface area contributed by atoms with Crippen LogP contribution in [0.2, 0.25) is 0 Å². The second-order valence-electron chi connectivity index (χ2n) is 4.73. The zero-order chi connectivity index (χ0) is 14.7. The molecule has 20 heavy (non-hydrogen) atoms. The Morgan fingerprint density at radius 3 is 2.55 bits per heavy atom. The highest BCUT2D eigenvalue weighted by molar-refractivity contribution is 5.72.